The zero-order valence-electron chi connectivity index (χ0n) is 14.9. The molecule has 142 valence electrons. The summed E-state index contributed by atoms with van der Waals surface area (Å²) in [7, 11) is -3.33. The molecule has 0 spiro atoms. The summed E-state index contributed by atoms with van der Waals surface area (Å²) in [4.78, 5) is 25.2. The smallest absolute Gasteiger partial charge is 0.429 e. The van der Waals surface area contributed by atoms with Crippen molar-refractivity contribution in [3.8, 4) is 0 Å². The van der Waals surface area contributed by atoms with Gasteiger partial charge in [0.05, 0.1) is 4.90 Å². The predicted molar refractivity (Wildman–Crippen MR) is 98.5 cm³/mol. The first-order valence-corrected chi connectivity index (χ1v) is 10.4. The first-order valence-electron chi connectivity index (χ1n) is 8.46. The van der Waals surface area contributed by atoms with Crippen molar-refractivity contribution < 1.29 is 22.7 Å². The van der Waals surface area contributed by atoms with Crippen LogP contribution < -0.4 is 0 Å². The lowest BCUT2D eigenvalue weighted by molar-refractivity contribution is 0.0111. The zero-order chi connectivity index (χ0) is 19.4. The molecule has 2 aromatic rings. The van der Waals surface area contributed by atoms with Crippen molar-refractivity contribution in [2.75, 3.05) is 19.3 Å². The Morgan fingerprint density at radius 2 is 1.59 bits per heavy atom. The van der Waals surface area contributed by atoms with E-state index >= 15 is 0 Å². The van der Waals surface area contributed by atoms with Gasteiger partial charge in [0.2, 0.25) is 0 Å². The van der Waals surface area contributed by atoms with Gasteiger partial charge in [0.1, 0.15) is 6.61 Å². The van der Waals surface area contributed by atoms with E-state index in [-0.39, 0.29) is 17.4 Å². The third-order valence-electron chi connectivity index (χ3n) is 4.21. The van der Waals surface area contributed by atoms with Crippen molar-refractivity contribution in [2.24, 2.45) is 0 Å². The summed E-state index contributed by atoms with van der Waals surface area (Å²) in [6.07, 6.45) is 1.17. The Morgan fingerprint density at radius 3 is 2.22 bits per heavy atom. The molecule has 0 radical (unpaired) electrons. The summed E-state index contributed by atoms with van der Waals surface area (Å²) in [6, 6.07) is 15.0. The van der Waals surface area contributed by atoms with E-state index in [4.69, 9.17) is 4.74 Å². The van der Waals surface area contributed by atoms with Crippen molar-refractivity contribution in [2.45, 2.75) is 17.9 Å². The van der Waals surface area contributed by atoms with Gasteiger partial charge in [-0.1, -0.05) is 30.3 Å². The highest BCUT2D eigenvalue weighted by atomic mass is 32.2. The van der Waals surface area contributed by atoms with Crippen LogP contribution in [0.2, 0.25) is 0 Å². The van der Waals surface area contributed by atoms with Gasteiger partial charge in [0.25, 0.3) is 5.91 Å². The molecule has 3 rings (SSSR count). The van der Waals surface area contributed by atoms with Crippen LogP contribution in [0.3, 0.4) is 0 Å². The minimum absolute atomic E-state index is 0.126. The van der Waals surface area contributed by atoms with Gasteiger partial charge in [-0.15, -0.1) is 0 Å². The Kier molecular flexibility index (Phi) is 5.46. The summed E-state index contributed by atoms with van der Waals surface area (Å²) < 4.78 is 28.4. The quantitative estimate of drug-likeness (QED) is 0.803. The third-order valence-corrected chi connectivity index (χ3v) is 5.34. The molecule has 0 bridgehead atoms. The van der Waals surface area contributed by atoms with Crippen LogP contribution in [0.5, 0.6) is 0 Å². The van der Waals surface area contributed by atoms with Crippen molar-refractivity contribution in [1.82, 2.24) is 10.0 Å². The van der Waals surface area contributed by atoms with E-state index in [2.05, 4.69) is 0 Å². The topological polar surface area (TPSA) is 84.0 Å². The molecule has 0 saturated carbocycles. The monoisotopic (exact) mass is 388 g/mol. The van der Waals surface area contributed by atoms with E-state index in [9.17, 15) is 18.0 Å². The SMILES string of the molecule is CS(=O)(=O)c1ccc(C(=O)N2CCCN2C(=O)OCc2ccccc2)cc1. The first-order chi connectivity index (χ1) is 12.9. The zero-order valence-corrected chi connectivity index (χ0v) is 15.7. The standard InChI is InChI=1S/C19H20N2O5S/c1-27(24,25)17-10-8-16(9-11-17)18(22)20-12-5-13-21(20)19(23)26-14-15-6-3-2-4-7-15/h2-4,6-11H,5,12-14H2,1H3. The number of ether oxygens (including phenoxy) is 1. The molecule has 8 heteroatoms. The van der Waals surface area contributed by atoms with E-state index in [1.165, 1.54) is 34.3 Å². The maximum absolute atomic E-state index is 12.7. The van der Waals surface area contributed by atoms with Gasteiger partial charge in [0.15, 0.2) is 9.84 Å². The molecule has 0 aliphatic carbocycles. The minimum Gasteiger partial charge on any atom is -0.443 e. The normalized spacial score (nSPS) is 14.3. The molecule has 1 heterocycles. The average molecular weight is 388 g/mol. The second-order valence-corrected chi connectivity index (χ2v) is 8.26. The van der Waals surface area contributed by atoms with E-state index in [0.29, 0.717) is 25.1 Å². The molecular formula is C19H20N2O5S. The number of hydrazine groups is 1. The summed E-state index contributed by atoms with van der Waals surface area (Å²) in [6.45, 7) is 0.912. The number of nitrogens with zero attached hydrogens (tertiary/aromatic N) is 2. The van der Waals surface area contributed by atoms with Crippen LogP contribution in [-0.4, -0.2) is 49.8 Å². The maximum atomic E-state index is 12.7. The van der Waals surface area contributed by atoms with Gasteiger partial charge in [-0.3, -0.25) is 4.79 Å². The molecule has 0 N–H and O–H groups in total. The van der Waals surface area contributed by atoms with Gasteiger partial charge in [-0.2, -0.15) is 0 Å². The summed E-state index contributed by atoms with van der Waals surface area (Å²) in [5.74, 6) is -0.371. The second-order valence-electron chi connectivity index (χ2n) is 6.24. The molecular weight excluding hydrogens is 368 g/mol. The number of amides is 2. The summed E-state index contributed by atoms with van der Waals surface area (Å²) in [5, 5.41) is 2.62. The lowest BCUT2D eigenvalue weighted by Crippen LogP contribution is -2.45. The van der Waals surface area contributed by atoms with Crippen LogP contribution in [-0.2, 0) is 21.2 Å². The highest BCUT2D eigenvalue weighted by Gasteiger charge is 2.32. The summed E-state index contributed by atoms with van der Waals surface area (Å²) in [5.41, 5.74) is 1.17. The average Bonchev–Trinajstić information content (AvgIpc) is 3.15. The lowest BCUT2D eigenvalue weighted by atomic mass is 10.2. The second kappa shape index (κ2) is 7.79. The predicted octanol–water partition coefficient (Wildman–Crippen LogP) is 2.49. The van der Waals surface area contributed by atoms with Crippen molar-refractivity contribution in [3.05, 3.63) is 65.7 Å². The third kappa shape index (κ3) is 4.46. The van der Waals surface area contributed by atoms with E-state index < -0.39 is 15.9 Å². The van der Waals surface area contributed by atoms with Crippen LogP contribution in [0.1, 0.15) is 22.3 Å². The highest BCUT2D eigenvalue weighted by molar-refractivity contribution is 7.90. The fraction of sp³-hybridized carbons (Fsp3) is 0.263. The van der Waals surface area contributed by atoms with Crippen LogP contribution in [0.25, 0.3) is 0 Å². The number of carbonyl (C=O) groups is 2. The Balaban J connectivity index is 1.68. The molecule has 1 fully saturated rings. The first kappa shape index (κ1) is 18.9. The molecule has 1 aliphatic rings. The van der Waals surface area contributed by atoms with Crippen LogP contribution in [0.4, 0.5) is 4.79 Å². The van der Waals surface area contributed by atoms with Crippen molar-refractivity contribution in [3.63, 3.8) is 0 Å². The Morgan fingerprint density at radius 1 is 0.963 bits per heavy atom. The van der Waals surface area contributed by atoms with Crippen molar-refractivity contribution >= 4 is 21.8 Å². The largest absolute Gasteiger partial charge is 0.443 e. The molecule has 0 aromatic heterocycles. The van der Waals surface area contributed by atoms with Crippen LogP contribution in [0.15, 0.2) is 59.5 Å². The number of benzene rings is 2. The van der Waals surface area contributed by atoms with E-state index in [1.807, 2.05) is 30.3 Å². The fourth-order valence-corrected chi connectivity index (χ4v) is 3.43. The van der Waals surface area contributed by atoms with Crippen LogP contribution in [0, 0.1) is 0 Å². The van der Waals surface area contributed by atoms with Crippen molar-refractivity contribution in [1.29, 1.82) is 0 Å². The van der Waals surface area contributed by atoms with Gasteiger partial charge < -0.3 is 4.74 Å². The maximum Gasteiger partial charge on any atom is 0.429 e. The minimum atomic E-state index is -3.33. The van der Waals surface area contributed by atoms with Gasteiger partial charge in [0, 0.05) is 24.9 Å². The molecule has 1 saturated heterocycles. The summed E-state index contributed by atoms with van der Waals surface area (Å²) >= 11 is 0. The Bertz CT molecular complexity index is 926. The number of carbonyl (C=O) groups excluding carboxylic acids is 2. The molecule has 27 heavy (non-hydrogen) atoms. The van der Waals surface area contributed by atoms with Gasteiger partial charge >= 0.3 is 6.09 Å². The molecule has 1 aliphatic heterocycles. The molecule has 2 aromatic carbocycles. The molecule has 0 atom stereocenters. The number of sulfone groups is 1. The van der Waals surface area contributed by atoms with Crippen LogP contribution >= 0.6 is 0 Å². The molecule has 7 nitrogen and oxygen atoms in total. The highest BCUT2D eigenvalue weighted by Crippen LogP contribution is 2.18. The van der Waals surface area contributed by atoms with Gasteiger partial charge in [-0.25, -0.2) is 23.2 Å². The Labute approximate surface area is 158 Å². The lowest BCUT2D eigenvalue weighted by Gasteiger charge is -2.27. The number of rotatable bonds is 4. The number of hydrogen-bond donors (Lipinski definition) is 0. The fourth-order valence-electron chi connectivity index (χ4n) is 2.80. The van der Waals surface area contributed by atoms with Gasteiger partial charge in [-0.05, 0) is 36.2 Å². The number of hydrogen-bond acceptors (Lipinski definition) is 5. The molecule has 2 amide bonds. The van der Waals surface area contributed by atoms with E-state index in [0.717, 1.165) is 11.8 Å². The molecule has 0 unspecified atom stereocenters. The van der Waals surface area contributed by atoms with E-state index in [1.54, 1.807) is 0 Å². The Hall–Kier alpha value is -2.87.